The van der Waals surface area contributed by atoms with Crippen molar-refractivity contribution in [2.75, 3.05) is 24.3 Å². The number of benzene rings is 3. The molecular weight excluding hydrogens is 480 g/mol. The number of carbonyl (C=O) groups excluding carboxylic acids is 1. The maximum atomic E-state index is 13.3. The second-order valence-corrected chi connectivity index (χ2v) is 9.34. The van der Waals surface area contributed by atoms with Gasteiger partial charge in [0.15, 0.2) is 5.82 Å². The van der Waals surface area contributed by atoms with Crippen LogP contribution < -0.4 is 19.5 Å². The number of sulfonamides is 1. The summed E-state index contributed by atoms with van der Waals surface area (Å²) in [6, 6.07) is 26.1. The van der Waals surface area contributed by atoms with Crippen LogP contribution in [-0.2, 0) is 14.8 Å². The van der Waals surface area contributed by atoms with Crippen LogP contribution in [0.3, 0.4) is 0 Å². The van der Waals surface area contributed by atoms with Crippen molar-refractivity contribution < 1.29 is 22.7 Å². The third kappa shape index (κ3) is 5.78. The molecular formula is C26H24N4O5S. The van der Waals surface area contributed by atoms with Gasteiger partial charge in [-0.25, -0.2) is 8.42 Å². The SMILES string of the molecule is COc1cc(NS(=O)(=O)c2ccc(NC(=O)C(c3ccccc3)c3ccccc3)cc2)nc(OC)n1. The highest BCUT2D eigenvalue weighted by Crippen LogP contribution is 2.27. The van der Waals surface area contributed by atoms with Crippen LogP contribution in [0.2, 0.25) is 0 Å². The summed E-state index contributed by atoms with van der Waals surface area (Å²) in [5.41, 5.74) is 2.15. The quantitative estimate of drug-likeness (QED) is 0.353. The molecule has 1 aromatic heterocycles. The van der Waals surface area contributed by atoms with Crippen molar-refractivity contribution in [2.45, 2.75) is 10.8 Å². The highest BCUT2D eigenvalue weighted by Gasteiger charge is 2.23. The fourth-order valence-corrected chi connectivity index (χ4v) is 4.56. The Morgan fingerprint density at radius 2 is 1.39 bits per heavy atom. The zero-order chi connectivity index (χ0) is 25.5. The minimum atomic E-state index is -3.97. The smallest absolute Gasteiger partial charge is 0.321 e. The van der Waals surface area contributed by atoms with Gasteiger partial charge in [0.05, 0.1) is 25.0 Å². The molecule has 0 saturated carbocycles. The summed E-state index contributed by atoms with van der Waals surface area (Å²) in [6.45, 7) is 0. The van der Waals surface area contributed by atoms with Gasteiger partial charge in [0.1, 0.15) is 0 Å². The minimum Gasteiger partial charge on any atom is -0.481 e. The number of aromatic nitrogens is 2. The molecule has 0 aliphatic heterocycles. The molecule has 0 unspecified atom stereocenters. The molecule has 4 aromatic rings. The predicted molar refractivity (Wildman–Crippen MR) is 136 cm³/mol. The first-order valence-corrected chi connectivity index (χ1v) is 12.4. The summed E-state index contributed by atoms with van der Waals surface area (Å²) < 4.78 is 38.1. The van der Waals surface area contributed by atoms with Crippen LogP contribution in [-0.4, -0.2) is 38.5 Å². The van der Waals surface area contributed by atoms with Crippen LogP contribution in [0, 0.1) is 0 Å². The molecule has 0 aliphatic carbocycles. The molecule has 9 nitrogen and oxygen atoms in total. The Hall–Kier alpha value is -4.44. The van der Waals surface area contributed by atoms with Crippen molar-refractivity contribution in [1.29, 1.82) is 0 Å². The number of hydrogen-bond donors (Lipinski definition) is 2. The van der Waals surface area contributed by atoms with Gasteiger partial charge < -0.3 is 14.8 Å². The summed E-state index contributed by atoms with van der Waals surface area (Å²) in [5.74, 6) is -0.629. The molecule has 0 atom stereocenters. The van der Waals surface area contributed by atoms with Gasteiger partial charge in [-0.2, -0.15) is 9.97 Å². The molecule has 0 radical (unpaired) electrons. The number of ether oxygens (including phenoxy) is 2. The maximum Gasteiger partial charge on any atom is 0.321 e. The van der Waals surface area contributed by atoms with Crippen molar-refractivity contribution in [3.05, 3.63) is 102 Å². The molecule has 10 heteroatoms. The van der Waals surface area contributed by atoms with Gasteiger partial charge in [0, 0.05) is 11.8 Å². The van der Waals surface area contributed by atoms with E-state index in [-0.39, 0.29) is 28.5 Å². The average Bonchev–Trinajstić information content (AvgIpc) is 2.90. The van der Waals surface area contributed by atoms with Crippen LogP contribution in [0.25, 0.3) is 0 Å². The first-order chi connectivity index (χ1) is 17.4. The van der Waals surface area contributed by atoms with Gasteiger partial charge in [0.2, 0.25) is 11.8 Å². The van der Waals surface area contributed by atoms with Crippen LogP contribution in [0.4, 0.5) is 11.5 Å². The number of carbonyl (C=O) groups is 1. The van der Waals surface area contributed by atoms with E-state index < -0.39 is 15.9 Å². The molecule has 0 bridgehead atoms. The van der Waals surface area contributed by atoms with Crippen LogP contribution in [0.15, 0.2) is 95.9 Å². The molecule has 4 rings (SSSR count). The van der Waals surface area contributed by atoms with E-state index in [1.165, 1.54) is 44.6 Å². The molecule has 0 fully saturated rings. The monoisotopic (exact) mass is 504 g/mol. The second kappa shape index (κ2) is 10.9. The number of methoxy groups -OCH3 is 2. The van der Waals surface area contributed by atoms with Crippen molar-refractivity contribution >= 4 is 27.4 Å². The lowest BCUT2D eigenvalue weighted by Gasteiger charge is -2.18. The molecule has 36 heavy (non-hydrogen) atoms. The van der Waals surface area contributed by atoms with Gasteiger partial charge in [0.25, 0.3) is 10.0 Å². The maximum absolute atomic E-state index is 13.3. The number of nitrogens with zero attached hydrogens (tertiary/aromatic N) is 2. The zero-order valence-electron chi connectivity index (χ0n) is 19.6. The van der Waals surface area contributed by atoms with E-state index in [9.17, 15) is 13.2 Å². The van der Waals surface area contributed by atoms with Crippen molar-refractivity contribution in [3.8, 4) is 11.9 Å². The lowest BCUT2D eigenvalue weighted by Crippen LogP contribution is -2.22. The molecule has 1 amide bonds. The van der Waals surface area contributed by atoms with E-state index in [0.717, 1.165) is 11.1 Å². The van der Waals surface area contributed by atoms with Gasteiger partial charge in [-0.3, -0.25) is 9.52 Å². The first-order valence-electron chi connectivity index (χ1n) is 10.9. The predicted octanol–water partition coefficient (Wildman–Crippen LogP) is 4.07. The Morgan fingerprint density at radius 3 is 1.92 bits per heavy atom. The summed E-state index contributed by atoms with van der Waals surface area (Å²) in [6.07, 6.45) is 0. The van der Waals surface area contributed by atoms with E-state index in [1.54, 1.807) is 0 Å². The van der Waals surface area contributed by atoms with E-state index in [1.807, 2.05) is 60.7 Å². The Balaban J connectivity index is 1.53. The number of anilines is 2. The summed E-state index contributed by atoms with van der Waals surface area (Å²) in [7, 11) is -1.22. The van der Waals surface area contributed by atoms with Gasteiger partial charge in [-0.05, 0) is 35.4 Å². The van der Waals surface area contributed by atoms with Crippen LogP contribution in [0.5, 0.6) is 11.9 Å². The molecule has 1 heterocycles. The van der Waals surface area contributed by atoms with E-state index >= 15 is 0 Å². The third-order valence-corrected chi connectivity index (χ3v) is 6.64. The summed E-state index contributed by atoms with van der Waals surface area (Å²) in [4.78, 5) is 21.2. The fourth-order valence-electron chi connectivity index (χ4n) is 3.57. The largest absolute Gasteiger partial charge is 0.481 e. The molecule has 0 spiro atoms. The second-order valence-electron chi connectivity index (χ2n) is 7.66. The first kappa shape index (κ1) is 24.7. The van der Waals surface area contributed by atoms with E-state index in [4.69, 9.17) is 9.47 Å². The zero-order valence-corrected chi connectivity index (χ0v) is 20.4. The highest BCUT2D eigenvalue weighted by atomic mass is 32.2. The minimum absolute atomic E-state index is 0.00959. The highest BCUT2D eigenvalue weighted by molar-refractivity contribution is 7.92. The lowest BCUT2D eigenvalue weighted by molar-refractivity contribution is -0.116. The van der Waals surface area contributed by atoms with Crippen LogP contribution >= 0.6 is 0 Å². The van der Waals surface area contributed by atoms with Crippen molar-refractivity contribution in [2.24, 2.45) is 0 Å². The van der Waals surface area contributed by atoms with Crippen LogP contribution in [0.1, 0.15) is 17.0 Å². The van der Waals surface area contributed by atoms with Gasteiger partial charge in [-0.1, -0.05) is 60.7 Å². The molecule has 184 valence electrons. The molecule has 0 saturated heterocycles. The normalized spacial score (nSPS) is 11.1. The molecule has 2 N–H and O–H groups in total. The number of nitrogens with one attached hydrogen (secondary N) is 2. The number of rotatable bonds is 9. The Bertz CT molecular complexity index is 1370. The van der Waals surface area contributed by atoms with Crippen molar-refractivity contribution in [3.63, 3.8) is 0 Å². The Morgan fingerprint density at radius 1 is 0.806 bits per heavy atom. The van der Waals surface area contributed by atoms with E-state index in [0.29, 0.717) is 5.69 Å². The average molecular weight is 505 g/mol. The van der Waals surface area contributed by atoms with Crippen molar-refractivity contribution in [1.82, 2.24) is 9.97 Å². The third-order valence-electron chi connectivity index (χ3n) is 5.27. The standard InChI is InChI=1S/C26H24N4O5S/c1-34-23-17-22(28-26(29-23)35-2)30-36(32,33)21-15-13-20(14-16-21)27-25(31)24(18-9-5-3-6-10-18)19-11-7-4-8-12-19/h3-17,24H,1-2H3,(H,27,31)(H,28,29,30). The number of amides is 1. The molecule has 3 aromatic carbocycles. The number of hydrogen-bond acceptors (Lipinski definition) is 7. The molecule has 0 aliphatic rings. The lowest BCUT2D eigenvalue weighted by atomic mass is 9.90. The van der Waals surface area contributed by atoms with Gasteiger partial charge in [-0.15, -0.1) is 0 Å². The summed E-state index contributed by atoms with van der Waals surface area (Å²) in [5, 5.41) is 2.89. The fraction of sp³-hybridized carbons (Fsp3) is 0.115. The Kier molecular flexibility index (Phi) is 7.45. The summed E-state index contributed by atoms with van der Waals surface area (Å²) >= 11 is 0. The Labute approximate surface area is 209 Å². The van der Waals surface area contributed by atoms with E-state index in [2.05, 4.69) is 20.0 Å². The topological polar surface area (TPSA) is 120 Å². The van der Waals surface area contributed by atoms with Gasteiger partial charge >= 0.3 is 6.01 Å².